The Morgan fingerprint density at radius 3 is 2.40 bits per heavy atom. The minimum absolute atomic E-state index is 0.289. The summed E-state index contributed by atoms with van der Waals surface area (Å²) in [5.74, 6) is 0.762. The van der Waals surface area contributed by atoms with Crippen LogP contribution in [-0.4, -0.2) is 20.5 Å². The largest absolute Gasteiger partial charge is 0.438 e. The number of imidazole rings is 1. The third kappa shape index (κ3) is 3.18. The van der Waals surface area contributed by atoms with Gasteiger partial charge >= 0.3 is 0 Å². The third-order valence-corrected chi connectivity index (χ3v) is 3.57. The lowest BCUT2D eigenvalue weighted by atomic mass is 10.3. The highest BCUT2D eigenvalue weighted by molar-refractivity contribution is 6.03. The van der Waals surface area contributed by atoms with Gasteiger partial charge in [0.05, 0.1) is 6.20 Å². The van der Waals surface area contributed by atoms with Gasteiger partial charge in [-0.25, -0.2) is 9.50 Å². The zero-order valence-electron chi connectivity index (χ0n) is 13.2. The topological polar surface area (TPSA) is 68.5 Å². The number of amides is 1. The molecule has 0 aliphatic carbocycles. The van der Waals surface area contributed by atoms with E-state index in [0.29, 0.717) is 28.7 Å². The molecule has 0 spiro atoms. The highest BCUT2D eigenvalue weighted by atomic mass is 16.5. The molecule has 4 rings (SSSR count). The molecule has 2 aromatic carbocycles. The van der Waals surface area contributed by atoms with Crippen LogP contribution < -0.4 is 10.1 Å². The fourth-order valence-electron chi connectivity index (χ4n) is 2.39. The van der Waals surface area contributed by atoms with E-state index in [1.54, 1.807) is 12.1 Å². The number of nitrogens with one attached hydrogen (secondary N) is 1. The number of nitrogens with zero attached hydrogens (tertiary/aromatic N) is 3. The summed E-state index contributed by atoms with van der Waals surface area (Å²) < 4.78 is 7.19. The van der Waals surface area contributed by atoms with Crippen molar-refractivity contribution >= 4 is 17.2 Å². The average molecular weight is 330 g/mol. The van der Waals surface area contributed by atoms with Crippen LogP contribution in [0, 0.1) is 0 Å². The SMILES string of the molecule is O=C(Nc1ccccc1)c1cnc2ccc(Oc3ccccc3)nn12. The molecular weight excluding hydrogens is 316 g/mol. The summed E-state index contributed by atoms with van der Waals surface area (Å²) in [4.78, 5) is 16.7. The first-order chi connectivity index (χ1) is 12.3. The Labute approximate surface area is 143 Å². The zero-order chi connectivity index (χ0) is 17.1. The summed E-state index contributed by atoms with van der Waals surface area (Å²) in [6.07, 6.45) is 1.49. The van der Waals surface area contributed by atoms with Crippen molar-refractivity contribution in [3.8, 4) is 11.6 Å². The Morgan fingerprint density at radius 1 is 0.920 bits per heavy atom. The molecule has 0 saturated carbocycles. The van der Waals surface area contributed by atoms with Crippen LogP contribution >= 0.6 is 0 Å². The van der Waals surface area contributed by atoms with Crippen molar-refractivity contribution in [2.24, 2.45) is 0 Å². The van der Waals surface area contributed by atoms with E-state index in [1.807, 2.05) is 60.7 Å². The summed E-state index contributed by atoms with van der Waals surface area (Å²) in [6, 6.07) is 22.0. The summed E-state index contributed by atoms with van der Waals surface area (Å²) in [5, 5.41) is 7.19. The van der Waals surface area contributed by atoms with Gasteiger partial charge in [-0.3, -0.25) is 4.79 Å². The average Bonchev–Trinajstić information content (AvgIpc) is 3.07. The number of hydrogen-bond donors (Lipinski definition) is 1. The number of carbonyl (C=O) groups is 1. The van der Waals surface area contributed by atoms with Crippen molar-refractivity contribution in [1.82, 2.24) is 14.6 Å². The van der Waals surface area contributed by atoms with Crippen LogP contribution in [0.25, 0.3) is 5.65 Å². The van der Waals surface area contributed by atoms with Gasteiger partial charge in [0.15, 0.2) is 11.3 Å². The van der Waals surface area contributed by atoms with E-state index in [0.717, 1.165) is 0 Å². The van der Waals surface area contributed by atoms with Gasteiger partial charge in [0.25, 0.3) is 5.91 Å². The van der Waals surface area contributed by atoms with Crippen molar-refractivity contribution in [2.75, 3.05) is 5.32 Å². The van der Waals surface area contributed by atoms with Gasteiger partial charge in [0.1, 0.15) is 5.75 Å². The van der Waals surface area contributed by atoms with Crippen molar-refractivity contribution in [1.29, 1.82) is 0 Å². The van der Waals surface area contributed by atoms with E-state index in [1.165, 1.54) is 10.7 Å². The van der Waals surface area contributed by atoms with Gasteiger partial charge in [-0.1, -0.05) is 36.4 Å². The van der Waals surface area contributed by atoms with Crippen LogP contribution in [0.15, 0.2) is 79.0 Å². The lowest BCUT2D eigenvalue weighted by Gasteiger charge is -2.06. The van der Waals surface area contributed by atoms with Crippen molar-refractivity contribution in [3.05, 3.63) is 84.7 Å². The number of aromatic nitrogens is 3. The van der Waals surface area contributed by atoms with Crippen LogP contribution in [0.3, 0.4) is 0 Å². The molecule has 2 aromatic heterocycles. The van der Waals surface area contributed by atoms with Gasteiger partial charge in [0.2, 0.25) is 5.88 Å². The van der Waals surface area contributed by atoms with Gasteiger partial charge in [0, 0.05) is 11.8 Å². The van der Waals surface area contributed by atoms with Crippen LogP contribution in [0.5, 0.6) is 11.6 Å². The van der Waals surface area contributed by atoms with Gasteiger partial charge in [-0.05, 0) is 30.3 Å². The first-order valence-corrected chi connectivity index (χ1v) is 7.74. The van der Waals surface area contributed by atoms with E-state index in [-0.39, 0.29) is 5.91 Å². The maximum atomic E-state index is 12.5. The quantitative estimate of drug-likeness (QED) is 0.618. The predicted octanol–water partition coefficient (Wildman–Crippen LogP) is 3.77. The minimum Gasteiger partial charge on any atom is -0.438 e. The lowest BCUT2D eigenvalue weighted by molar-refractivity contribution is 0.102. The number of rotatable bonds is 4. The fourth-order valence-corrected chi connectivity index (χ4v) is 2.39. The maximum absolute atomic E-state index is 12.5. The Kier molecular flexibility index (Phi) is 3.84. The van der Waals surface area contributed by atoms with Crippen LogP contribution in [-0.2, 0) is 0 Å². The third-order valence-electron chi connectivity index (χ3n) is 3.57. The van der Waals surface area contributed by atoms with Crippen LogP contribution in [0.4, 0.5) is 5.69 Å². The number of hydrogen-bond acceptors (Lipinski definition) is 4. The molecular formula is C19H14N4O2. The molecule has 25 heavy (non-hydrogen) atoms. The minimum atomic E-state index is -0.289. The van der Waals surface area contributed by atoms with Crippen molar-refractivity contribution < 1.29 is 9.53 Å². The summed E-state index contributed by atoms with van der Waals surface area (Å²) in [6.45, 7) is 0. The van der Waals surface area contributed by atoms with Crippen LogP contribution in [0.1, 0.15) is 10.5 Å². The Hall–Kier alpha value is -3.67. The molecule has 1 amide bonds. The lowest BCUT2D eigenvalue weighted by Crippen LogP contribution is -2.15. The van der Waals surface area contributed by atoms with Gasteiger partial charge in [-0.15, -0.1) is 5.10 Å². The van der Waals surface area contributed by atoms with E-state index >= 15 is 0 Å². The molecule has 1 N–H and O–H groups in total. The molecule has 2 heterocycles. The van der Waals surface area contributed by atoms with E-state index < -0.39 is 0 Å². The Bertz CT molecular complexity index is 1010. The van der Waals surface area contributed by atoms with Crippen LogP contribution in [0.2, 0.25) is 0 Å². The van der Waals surface area contributed by atoms with Gasteiger partial charge < -0.3 is 10.1 Å². The number of anilines is 1. The molecule has 0 aliphatic heterocycles. The molecule has 0 unspecified atom stereocenters. The standard InChI is InChI=1S/C19H14N4O2/c24-19(21-14-7-3-1-4-8-14)16-13-20-17-11-12-18(22-23(16)17)25-15-9-5-2-6-10-15/h1-13H,(H,21,24). The van der Waals surface area contributed by atoms with E-state index in [2.05, 4.69) is 15.4 Å². The van der Waals surface area contributed by atoms with E-state index in [4.69, 9.17) is 4.74 Å². The zero-order valence-corrected chi connectivity index (χ0v) is 13.2. The molecule has 0 radical (unpaired) electrons. The first kappa shape index (κ1) is 14.9. The highest BCUT2D eigenvalue weighted by Crippen LogP contribution is 2.19. The second-order valence-electron chi connectivity index (χ2n) is 5.32. The normalized spacial score (nSPS) is 10.6. The highest BCUT2D eigenvalue weighted by Gasteiger charge is 2.14. The van der Waals surface area contributed by atoms with Crippen molar-refractivity contribution in [3.63, 3.8) is 0 Å². The molecule has 0 saturated heterocycles. The molecule has 0 atom stereocenters. The number of para-hydroxylation sites is 2. The fraction of sp³-hybridized carbons (Fsp3) is 0. The molecule has 0 aliphatic rings. The summed E-state index contributed by atoms with van der Waals surface area (Å²) in [5.41, 5.74) is 1.61. The first-order valence-electron chi connectivity index (χ1n) is 7.74. The number of carbonyl (C=O) groups excluding carboxylic acids is 1. The number of benzene rings is 2. The molecule has 122 valence electrons. The monoisotopic (exact) mass is 330 g/mol. The Morgan fingerprint density at radius 2 is 1.64 bits per heavy atom. The number of fused-ring (bicyclic) bond motifs is 1. The molecule has 6 heteroatoms. The summed E-state index contributed by atoms with van der Waals surface area (Å²) >= 11 is 0. The van der Waals surface area contributed by atoms with E-state index in [9.17, 15) is 4.79 Å². The predicted molar refractivity (Wildman–Crippen MR) is 93.9 cm³/mol. The second kappa shape index (κ2) is 6.45. The molecule has 4 aromatic rings. The van der Waals surface area contributed by atoms with Crippen molar-refractivity contribution in [2.45, 2.75) is 0 Å². The smallest absolute Gasteiger partial charge is 0.276 e. The molecule has 0 bridgehead atoms. The molecule has 6 nitrogen and oxygen atoms in total. The number of ether oxygens (including phenoxy) is 1. The Balaban J connectivity index is 1.63. The summed E-state index contributed by atoms with van der Waals surface area (Å²) in [7, 11) is 0. The maximum Gasteiger partial charge on any atom is 0.276 e. The van der Waals surface area contributed by atoms with Gasteiger partial charge in [-0.2, -0.15) is 0 Å². The second-order valence-corrected chi connectivity index (χ2v) is 5.32. The molecule has 0 fully saturated rings.